The molecular formula is C24H22N2O5S. The van der Waals surface area contributed by atoms with Gasteiger partial charge in [0, 0.05) is 12.1 Å². The first-order valence-electron chi connectivity index (χ1n) is 9.84. The van der Waals surface area contributed by atoms with Gasteiger partial charge >= 0.3 is 0 Å². The minimum Gasteiger partial charge on any atom is -0.493 e. The molecule has 7 nitrogen and oxygen atoms in total. The molecule has 0 atom stereocenters. The first kappa shape index (κ1) is 21.5. The predicted octanol–water partition coefficient (Wildman–Crippen LogP) is 4.80. The molecule has 0 saturated heterocycles. The molecule has 164 valence electrons. The fourth-order valence-corrected chi connectivity index (χ4v) is 4.49. The van der Waals surface area contributed by atoms with E-state index in [2.05, 4.69) is 10.3 Å². The lowest BCUT2D eigenvalue weighted by atomic mass is 10.2. The third-order valence-electron chi connectivity index (χ3n) is 4.83. The van der Waals surface area contributed by atoms with Crippen LogP contribution in [0.3, 0.4) is 0 Å². The van der Waals surface area contributed by atoms with Gasteiger partial charge in [-0.15, -0.1) is 0 Å². The van der Waals surface area contributed by atoms with Crippen LogP contribution in [0.25, 0.3) is 11.5 Å². The Bertz CT molecular complexity index is 1300. The van der Waals surface area contributed by atoms with Crippen molar-refractivity contribution in [1.29, 1.82) is 0 Å². The summed E-state index contributed by atoms with van der Waals surface area (Å²) in [4.78, 5) is 4.48. The third kappa shape index (κ3) is 4.31. The number of hydrogen-bond acceptors (Lipinski definition) is 7. The molecule has 0 unspecified atom stereocenters. The van der Waals surface area contributed by atoms with Crippen molar-refractivity contribution in [2.24, 2.45) is 0 Å². The summed E-state index contributed by atoms with van der Waals surface area (Å²) in [5.74, 6) is 1.47. The van der Waals surface area contributed by atoms with Crippen LogP contribution in [0.1, 0.15) is 5.56 Å². The Morgan fingerprint density at radius 3 is 2.19 bits per heavy atom. The lowest BCUT2D eigenvalue weighted by molar-refractivity contribution is 0.354. The number of aromatic nitrogens is 1. The Hall–Kier alpha value is -3.78. The highest BCUT2D eigenvalue weighted by molar-refractivity contribution is 7.91. The van der Waals surface area contributed by atoms with Gasteiger partial charge in [0.2, 0.25) is 26.6 Å². The highest BCUT2D eigenvalue weighted by Crippen LogP contribution is 2.33. The van der Waals surface area contributed by atoms with Gasteiger partial charge in [0.1, 0.15) is 0 Å². The van der Waals surface area contributed by atoms with E-state index in [4.69, 9.17) is 13.9 Å². The lowest BCUT2D eigenvalue weighted by Crippen LogP contribution is -2.07. The second-order valence-electron chi connectivity index (χ2n) is 6.88. The quantitative estimate of drug-likeness (QED) is 0.412. The summed E-state index contributed by atoms with van der Waals surface area (Å²) in [6.45, 7) is 0.293. The topological polar surface area (TPSA) is 90.7 Å². The summed E-state index contributed by atoms with van der Waals surface area (Å²) in [5, 5.41) is 2.92. The van der Waals surface area contributed by atoms with E-state index in [-0.39, 0.29) is 21.7 Å². The van der Waals surface area contributed by atoms with Gasteiger partial charge in [0.15, 0.2) is 11.5 Å². The second kappa shape index (κ2) is 9.15. The molecule has 4 aromatic rings. The van der Waals surface area contributed by atoms with Crippen molar-refractivity contribution in [3.8, 4) is 23.0 Å². The zero-order chi connectivity index (χ0) is 22.6. The molecular weight excluding hydrogens is 428 g/mol. The molecule has 4 rings (SSSR count). The van der Waals surface area contributed by atoms with Gasteiger partial charge in [-0.2, -0.15) is 4.98 Å². The van der Waals surface area contributed by atoms with Crippen molar-refractivity contribution < 1.29 is 22.3 Å². The minimum atomic E-state index is -3.90. The van der Waals surface area contributed by atoms with Gasteiger partial charge in [-0.1, -0.05) is 42.5 Å². The van der Waals surface area contributed by atoms with E-state index >= 15 is 0 Å². The summed E-state index contributed by atoms with van der Waals surface area (Å²) in [6, 6.07) is 22.8. The third-order valence-corrected chi connectivity index (χ3v) is 6.50. The molecule has 0 aliphatic heterocycles. The van der Waals surface area contributed by atoms with Gasteiger partial charge in [-0.3, -0.25) is 0 Å². The van der Waals surface area contributed by atoms with E-state index in [1.54, 1.807) is 38.5 Å². The molecule has 0 aliphatic rings. The fourth-order valence-electron chi connectivity index (χ4n) is 3.19. The van der Waals surface area contributed by atoms with Crippen LogP contribution in [0.5, 0.6) is 11.5 Å². The number of benzene rings is 3. The number of sulfone groups is 1. The molecule has 0 saturated carbocycles. The van der Waals surface area contributed by atoms with Gasteiger partial charge in [-0.25, -0.2) is 8.42 Å². The van der Waals surface area contributed by atoms with E-state index in [0.717, 1.165) is 5.56 Å². The average molecular weight is 451 g/mol. The number of ether oxygens (including phenoxy) is 2. The van der Waals surface area contributed by atoms with Crippen LogP contribution in [0.4, 0.5) is 5.88 Å². The molecule has 0 spiro atoms. The maximum Gasteiger partial charge on any atom is 0.234 e. The largest absolute Gasteiger partial charge is 0.493 e. The van der Waals surface area contributed by atoms with Gasteiger partial charge in [-0.05, 0) is 42.0 Å². The Morgan fingerprint density at radius 2 is 1.53 bits per heavy atom. The van der Waals surface area contributed by atoms with Crippen LogP contribution >= 0.6 is 0 Å². The van der Waals surface area contributed by atoms with Crippen molar-refractivity contribution >= 4 is 15.7 Å². The molecule has 1 aromatic heterocycles. The fraction of sp³-hybridized carbons (Fsp3) is 0.125. The number of oxazole rings is 1. The molecule has 1 heterocycles. The van der Waals surface area contributed by atoms with Crippen molar-refractivity contribution in [2.45, 2.75) is 16.5 Å². The number of rotatable bonds is 8. The number of anilines is 1. The molecule has 8 heteroatoms. The highest BCUT2D eigenvalue weighted by Gasteiger charge is 2.28. The Labute approximate surface area is 186 Å². The van der Waals surface area contributed by atoms with Crippen molar-refractivity contribution in [2.75, 3.05) is 19.5 Å². The van der Waals surface area contributed by atoms with Gasteiger partial charge in [0.05, 0.1) is 19.1 Å². The van der Waals surface area contributed by atoms with E-state index in [1.165, 1.54) is 12.1 Å². The van der Waals surface area contributed by atoms with Crippen LogP contribution in [0.15, 0.2) is 93.2 Å². The van der Waals surface area contributed by atoms with Crippen LogP contribution in [0.2, 0.25) is 0 Å². The first-order chi connectivity index (χ1) is 15.5. The van der Waals surface area contributed by atoms with Crippen LogP contribution < -0.4 is 14.8 Å². The molecule has 0 radical (unpaired) electrons. The standard InChI is InChI=1S/C24H22N2O5S/c1-29-20-14-13-17(15-21(20)30-2)16-25-23-24(32(27,28)19-11-7-4-8-12-19)26-22(31-23)18-9-5-3-6-10-18/h3-15,25H,16H2,1-2H3. The number of nitrogens with one attached hydrogen (secondary N) is 1. The van der Waals surface area contributed by atoms with Gasteiger partial charge < -0.3 is 19.2 Å². The Morgan fingerprint density at radius 1 is 0.875 bits per heavy atom. The molecule has 3 aromatic carbocycles. The molecule has 32 heavy (non-hydrogen) atoms. The summed E-state index contributed by atoms with van der Waals surface area (Å²) < 4.78 is 43.1. The smallest absolute Gasteiger partial charge is 0.234 e. The average Bonchev–Trinajstić information content (AvgIpc) is 3.29. The minimum absolute atomic E-state index is 0.0718. The molecule has 0 fully saturated rings. The molecule has 0 amide bonds. The van der Waals surface area contributed by atoms with E-state index in [1.807, 2.05) is 42.5 Å². The second-order valence-corrected chi connectivity index (χ2v) is 8.74. The summed E-state index contributed by atoms with van der Waals surface area (Å²) in [5.41, 5.74) is 1.53. The summed E-state index contributed by atoms with van der Waals surface area (Å²) >= 11 is 0. The maximum absolute atomic E-state index is 13.3. The monoisotopic (exact) mass is 450 g/mol. The van der Waals surface area contributed by atoms with Crippen molar-refractivity contribution in [1.82, 2.24) is 4.98 Å². The number of hydrogen-bond donors (Lipinski definition) is 1. The Balaban J connectivity index is 1.71. The van der Waals surface area contributed by atoms with E-state index < -0.39 is 9.84 Å². The maximum atomic E-state index is 13.3. The van der Waals surface area contributed by atoms with Crippen molar-refractivity contribution in [3.63, 3.8) is 0 Å². The normalized spacial score (nSPS) is 11.2. The van der Waals surface area contributed by atoms with E-state index in [0.29, 0.717) is 23.6 Å². The Kier molecular flexibility index (Phi) is 6.13. The predicted molar refractivity (Wildman–Crippen MR) is 121 cm³/mol. The zero-order valence-corrected chi connectivity index (χ0v) is 18.4. The summed E-state index contributed by atoms with van der Waals surface area (Å²) in [7, 11) is -0.773. The first-order valence-corrected chi connectivity index (χ1v) is 11.3. The summed E-state index contributed by atoms with van der Waals surface area (Å²) in [6.07, 6.45) is 0. The SMILES string of the molecule is COc1ccc(CNc2oc(-c3ccccc3)nc2S(=O)(=O)c2ccccc2)cc1OC. The number of nitrogens with zero attached hydrogens (tertiary/aromatic N) is 1. The zero-order valence-electron chi connectivity index (χ0n) is 17.6. The molecule has 0 aliphatic carbocycles. The van der Waals surface area contributed by atoms with Crippen LogP contribution in [0, 0.1) is 0 Å². The van der Waals surface area contributed by atoms with Gasteiger partial charge in [0.25, 0.3) is 0 Å². The van der Waals surface area contributed by atoms with Crippen LogP contribution in [-0.2, 0) is 16.4 Å². The molecule has 1 N–H and O–H groups in total. The van der Waals surface area contributed by atoms with Crippen LogP contribution in [-0.4, -0.2) is 27.6 Å². The highest BCUT2D eigenvalue weighted by atomic mass is 32.2. The van der Waals surface area contributed by atoms with Crippen molar-refractivity contribution in [3.05, 3.63) is 84.4 Å². The number of methoxy groups -OCH3 is 2. The molecule has 0 bridgehead atoms. The van der Waals surface area contributed by atoms with E-state index in [9.17, 15) is 8.42 Å². The lowest BCUT2D eigenvalue weighted by Gasteiger charge is -2.10.